The molecule has 3 N–H and O–H groups in total. The molecular weight excluding hydrogens is 202 g/mol. The van der Waals surface area contributed by atoms with E-state index in [2.05, 4.69) is 25.9 Å². The van der Waals surface area contributed by atoms with Crippen LogP contribution in [-0.4, -0.2) is 37.6 Å². The first kappa shape index (κ1) is 9.56. The van der Waals surface area contributed by atoms with E-state index in [1.807, 2.05) is 0 Å². The number of nitrogens with one attached hydrogen (secondary N) is 2. The molecule has 2 atom stereocenters. The lowest BCUT2D eigenvalue weighted by atomic mass is 10.3. The van der Waals surface area contributed by atoms with Crippen LogP contribution in [0.1, 0.15) is 12.2 Å². The smallest absolute Gasteiger partial charge is 0.307 e. The van der Waals surface area contributed by atoms with Crippen LogP contribution in [0.4, 0.5) is 0 Å². The first-order chi connectivity index (χ1) is 7.18. The lowest BCUT2D eigenvalue weighted by Gasteiger charge is -1.99. The molecule has 0 radical (unpaired) electrons. The Labute approximate surface area is 84.1 Å². The van der Waals surface area contributed by atoms with Crippen molar-refractivity contribution in [3.05, 3.63) is 5.82 Å². The Morgan fingerprint density at radius 3 is 2.87 bits per heavy atom. The number of tetrazole rings is 1. The van der Waals surface area contributed by atoms with Crippen molar-refractivity contribution in [2.24, 2.45) is 11.8 Å². The van der Waals surface area contributed by atoms with Crippen molar-refractivity contribution in [1.82, 2.24) is 25.9 Å². The highest BCUT2D eigenvalue weighted by molar-refractivity contribution is 5.89. The molecule has 8 heteroatoms. The Morgan fingerprint density at radius 1 is 1.53 bits per heavy atom. The van der Waals surface area contributed by atoms with Gasteiger partial charge in [0.15, 0.2) is 5.82 Å². The number of hydrogen-bond acceptors (Lipinski definition) is 5. The molecule has 0 bridgehead atoms. The van der Waals surface area contributed by atoms with Gasteiger partial charge in [-0.1, -0.05) is 5.21 Å². The molecular formula is C7H9N5O3. The minimum absolute atomic E-state index is 0.165. The van der Waals surface area contributed by atoms with Crippen molar-refractivity contribution in [3.8, 4) is 0 Å². The van der Waals surface area contributed by atoms with E-state index in [9.17, 15) is 9.59 Å². The van der Waals surface area contributed by atoms with Crippen molar-refractivity contribution in [3.63, 3.8) is 0 Å². The summed E-state index contributed by atoms with van der Waals surface area (Å²) in [6, 6.07) is 0. The lowest BCUT2D eigenvalue weighted by Crippen LogP contribution is -2.26. The Morgan fingerprint density at radius 2 is 2.33 bits per heavy atom. The highest BCUT2D eigenvalue weighted by Gasteiger charge is 2.48. The average Bonchev–Trinajstić information content (AvgIpc) is 2.85. The van der Waals surface area contributed by atoms with Crippen LogP contribution in [0.25, 0.3) is 0 Å². The van der Waals surface area contributed by atoms with Crippen molar-refractivity contribution >= 4 is 11.9 Å². The number of nitrogens with zero attached hydrogens (tertiary/aromatic N) is 3. The fourth-order valence-corrected chi connectivity index (χ4v) is 1.31. The first-order valence-corrected chi connectivity index (χ1v) is 4.41. The number of carbonyl (C=O) groups is 2. The number of aliphatic carboxylic acids is 1. The topological polar surface area (TPSA) is 121 Å². The number of aromatic amines is 1. The third-order valence-corrected chi connectivity index (χ3v) is 2.25. The number of carboxylic acid groups (broad SMARTS) is 1. The first-order valence-electron chi connectivity index (χ1n) is 4.41. The van der Waals surface area contributed by atoms with Gasteiger partial charge >= 0.3 is 5.97 Å². The number of hydrogen-bond donors (Lipinski definition) is 3. The molecule has 1 amide bonds. The number of rotatable bonds is 4. The maximum atomic E-state index is 11.4. The van der Waals surface area contributed by atoms with Crippen molar-refractivity contribution in [2.45, 2.75) is 13.0 Å². The second kappa shape index (κ2) is 3.64. The van der Waals surface area contributed by atoms with Crippen LogP contribution in [-0.2, 0) is 16.1 Å². The molecule has 2 rings (SSSR count). The van der Waals surface area contributed by atoms with E-state index in [1.165, 1.54) is 0 Å². The third-order valence-electron chi connectivity index (χ3n) is 2.25. The molecule has 0 saturated heterocycles. The third kappa shape index (κ3) is 2.09. The van der Waals surface area contributed by atoms with Gasteiger partial charge in [-0.15, -0.1) is 10.2 Å². The van der Waals surface area contributed by atoms with E-state index in [4.69, 9.17) is 5.11 Å². The summed E-state index contributed by atoms with van der Waals surface area (Å²) in [5.74, 6) is -1.76. The molecule has 1 saturated carbocycles. The number of carbonyl (C=O) groups excluding carboxylic acids is 1. The van der Waals surface area contributed by atoms with E-state index >= 15 is 0 Å². The second-order valence-corrected chi connectivity index (χ2v) is 3.33. The summed E-state index contributed by atoms with van der Waals surface area (Å²) in [6.45, 7) is 0.165. The van der Waals surface area contributed by atoms with Gasteiger partial charge in [0.2, 0.25) is 5.91 Å². The summed E-state index contributed by atoms with van der Waals surface area (Å²) < 4.78 is 0. The fourth-order valence-electron chi connectivity index (χ4n) is 1.31. The van der Waals surface area contributed by atoms with E-state index in [-0.39, 0.29) is 12.5 Å². The predicted octanol–water partition coefficient (Wildman–Crippen LogP) is -1.46. The number of aromatic nitrogens is 4. The summed E-state index contributed by atoms with van der Waals surface area (Å²) in [4.78, 5) is 21.8. The summed E-state index contributed by atoms with van der Waals surface area (Å²) in [6.07, 6.45) is 0.410. The molecule has 0 spiro atoms. The van der Waals surface area contributed by atoms with Gasteiger partial charge < -0.3 is 10.4 Å². The molecule has 0 unspecified atom stereocenters. The van der Waals surface area contributed by atoms with Crippen LogP contribution in [0.2, 0.25) is 0 Å². The highest BCUT2D eigenvalue weighted by Crippen LogP contribution is 2.38. The number of H-pyrrole nitrogens is 1. The van der Waals surface area contributed by atoms with Crippen LogP contribution < -0.4 is 5.32 Å². The minimum atomic E-state index is -0.922. The van der Waals surface area contributed by atoms with Crippen LogP contribution in [0.5, 0.6) is 0 Å². The maximum Gasteiger partial charge on any atom is 0.307 e. The van der Waals surface area contributed by atoms with Crippen molar-refractivity contribution in [1.29, 1.82) is 0 Å². The second-order valence-electron chi connectivity index (χ2n) is 3.33. The highest BCUT2D eigenvalue weighted by atomic mass is 16.4. The monoisotopic (exact) mass is 211 g/mol. The van der Waals surface area contributed by atoms with Gasteiger partial charge in [-0.25, -0.2) is 0 Å². The van der Waals surface area contributed by atoms with Crippen molar-refractivity contribution in [2.75, 3.05) is 0 Å². The minimum Gasteiger partial charge on any atom is -0.481 e. The molecule has 1 aliphatic carbocycles. The Bertz CT molecular complexity index is 376. The quantitative estimate of drug-likeness (QED) is 0.559. The largest absolute Gasteiger partial charge is 0.481 e. The van der Waals surface area contributed by atoms with Gasteiger partial charge in [0, 0.05) is 0 Å². The average molecular weight is 211 g/mol. The van der Waals surface area contributed by atoms with Gasteiger partial charge in [0.1, 0.15) is 0 Å². The summed E-state index contributed by atoms with van der Waals surface area (Å²) in [5, 5.41) is 24.0. The molecule has 1 fully saturated rings. The molecule has 8 nitrogen and oxygen atoms in total. The molecule has 80 valence electrons. The van der Waals surface area contributed by atoms with Crippen LogP contribution in [0.15, 0.2) is 0 Å². The zero-order chi connectivity index (χ0) is 10.8. The summed E-state index contributed by atoms with van der Waals surface area (Å²) in [7, 11) is 0. The molecule has 1 aromatic rings. The van der Waals surface area contributed by atoms with E-state index in [1.54, 1.807) is 0 Å². The van der Waals surface area contributed by atoms with Gasteiger partial charge in [0.05, 0.1) is 18.4 Å². The van der Waals surface area contributed by atoms with E-state index in [0.717, 1.165) is 0 Å². The lowest BCUT2D eigenvalue weighted by molar-refractivity contribution is -0.140. The zero-order valence-electron chi connectivity index (χ0n) is 7.67. The Balaban J connectivity index is 1.77. The standard InChI is InChI=1S/C7H9N5O3/c13-6(3-1-4(3)7(14)15)8-2-5-9-11-12-10-5/h3-4H,1-2H2,(H,8,13)(H,14,15)(H,9,10,11,12)/t3-,4+/m1/s1. The normalized spacial score (nSPS) is 23.5. The van der Waals surface area contributed by atoms with Gasteiger partial charge in [-0.3, -0.25) is 9.59 Å². The predicted molar refractivity (Wildman–Crippen MR) is 45.3 cm³/mol. The van der Waals surface area contributed by atoms with Crippen LogP contribution >= 0.6 is 0 Å². The Kier molecular flexibility index (Phi) is 2.32. The zero-order valence-corrected chi connectivity index (χ0v) is 7.67. The van der Waals surface area contributed by atoms with Gasteiger partial charge in [0.25, 0.3) is 0 Å². The van der Waals surface area contributed by atoms with Crippen LogP contribution in [0, 0.1) is 11.8 Å². The van der Waals surface area contributed by atoms with Gasteiger partial charge in [-0.05, 0) is 6.42 Å². The fraction of sp³-hybridized carbons (Fsp3) is 0.571. The molecule has 15 heavy (non-hydrogen) atoms. The van der Waals surface area contributed by atoms with E-state index in [0.29, 0.717) is 12.2 Å². The van der Waals surface area contributed by atoms with E-state index < -0.39 is 17.8 Å². The SMILES string of the molecule is O=C(O)[C@H]1C[C@H]1C(=O)NCc1nn[nH]n1. The van der Waals surface area contributed by atoms with Gasteiger partial charge in [-0.2, -0.15) is 5.21 Å². The summed E-state index contributed by atoms with van der Waals surface area (Å²) >= 11 is 0. The Hall–Kier alpha value is -1.99. The summed E-state index contributed by atoms with van der Waals surface area (Å²) in [5.41, 5.74) is 0. The molecule has 0 aliphatic heterocycles. The number of amides is 1. The van der Waals surface area contributed by atoms with Crippen LogP contribution in [0.3, 0.4) is 0 Å². The molecule has 0 aromatic carbocycles. The van der Waals surface area contributed by atoms with Crippen molar-refractivity contribution < 1.29 is 14.7 Å². The molecule has 1 aromatic heterocycles. The number of carboxylic acids is 1. The molecule has 1 aliphatic rings. The molecule has 1 heterocycles. The maximum absolute atomic E-state index is 11.4.